The van der Waals surface area contributed by atoms with Gasteiger partial charge in [-0.25, -0.2) is 8.78 Å². The molecule has 6 N–H and O–H groups in total. The van der Waals surface area contributed by atoms with Gasteiger partial charge in [0.25, 0.3) is 11.8 Å². The number of amides is 5. The predicted octanol–water partition coefficient (Wildman–Crippen LogP) is 5.95. The van der Waals surface area contributed by atoms with Crippen LogP contribution in [0.1, 0.15) is 76.8 Å². The van der Waals surface area contributed by atoms with Crippen LogP contribution in [0.4, 0.5) is 22.0 Å². The van der Waals surface area contributed by atoms with E-state index in [-0.39, 0.29) is 42.8 Å². The lowest BCUT2D eigenvalue weighted by Crippen LogP contribution is -2.57. The summed E-state index contributed by atoms with van der Waals surface area (Å²) in [7, 11) is 0. The van der Waals surface area contributed by atoms with Gasteiger partial charge in [-0.15, -0.1) is 0 Å². The quantitative estimate of drug-likeness (QED) is 0.0550. The lowest BCUT2D eigenvalue weighted by atomic mass is 9.99. The molecule has 3 atom stereocenters. The third kappa shape index (κ3) is 14.6. The molecule has 59 heavy (non-hydrogen) atoms. The Morgan fingerprint density at radius 2 is 1.19 bits per heavy atom. The van der Waals surface area contributed by atoms with Gasteiger partial charge in [0.15, 0.2) is 0 Å². The SMILES string of the molecule is CCc1ccc(C(=O)NCCCCC(NC(=O)C(Cc2ccc(C(C)(F)F)cc2)NC(=O)C(Cc2ccccc2)NC(=O)Cc2cccc(C(F)(F)F)c2)C(N)=O)cc1. The van der Waals surface area contributed by atoms with Crippen molar-refractivity contribution in [3.63, 3.8) is 0 Å². The molecule has 0 bridgehead atoms. The van der Waals surface area contributed by atoms with Crippen molar-refractivity contribution in [2.24, 2.45) is 5.73 Å². The van der Waals surface area contributed by atoms with E-state index in [0.29, 0.717) is 29.5 Å². The van der Waals surface area contributed by atoms with E-state index >= 15 is 0 Å². The highest BCUT2D eigenvalue weighted by atomic mass is 19.4. The van der Waals surface area contributed by atoms with Crippen LogP contribution in [-0.2, 0) is 57.0 Å². The van der Waals surface area contributed by atoms with Crippen molar-refractivity contribution >= 4 is 29.5 Å². The first-order chi connectivity index (χ1) is 27.9. The molecule has 0 aliphatic carbocycles. The minimum atomic E-state index is -4.64. The average Bonchev–Trinajstić information content (AvgIpc) is 3.19. The first-order valence-corrected chi connectivity index (χ1v) is 19.2. The molecule has 0 aliphatic rings. The Balaban J connectivity index is 1.49. The molecule has 3 unspecified atom stereocenters. The van der Waals surface area contributed by atoms with E-state index in [2.05, 4.69) is 21.3 Å². The fraction of sp³-hybridized carbons (Fsp3) is 0.341. The summed E-state index contributed by atoms with van der Waals surface area (Å²) in [4.78, 5) is 66.1. The molecule has 0 aromatic heterocycles. The molecular formula is C44H48F5N5O5. The fourth-order valence-corrected chi connectivity index (χ4v) is 6.23. The highest BCUT2D eigenvalue weighted by Gasteiger charge is 2.32. The van der Waals surface area contributed by atoms with E-state index in [9.17, 15) is 45.9 Å². The van der Waals surface area contributed by atoms with Gasteiger partial charge in [-0.3, -0.25) is 24.0 Å². The van der Waals surface area contributed by atoms with Crippen LogP contribution < -0.4 is 27.0 Å². The molecule has 4 aromatic carbocycles. The Labute approximate surface area is 339 Å². The Hall–Kier alpha value is -6.12. The van der Waals surface area contributed by atoms with Crippen molar-refractivity contribution in [1.29, 1.82) is 0 Å². The minimum absolute atomic E-state index is 0.0520. The molecule has 0 heterocycles. The summed E-state index contributed by atoms with van der Waals surface area (Å²) in [5, 5.41) is 10.6. The number of hydrogen-bond donors (Lipinski definition) is 5. The highest BCUT2D eigenvalue weighted by molar-refractivity contribution is 5.95. The molecule has 314 valence electrons. The van der Waals surface area contributed by atoms with Crippen LogP contribution in [0.25, 0.3) is 0 Å². The molecule has 4 rings (SSSR count). The number of aryl methyl sites for hydroxylation is 1. The van der Waals surface area contributed by atoms with Gasteiger partial charge in [0, 0.05) is 37.4 Å². The number of rotatable bonds is 20. The average molecular weight is 822 g/mol. The zero-order valence-electron chi connectivity index (χ0n) is 32.7. The first-order valence-electron chi connectivity index (χ1n) is 19.2. The number of alkyl halides is 5. The Kier molecular flexibility index (Phi) is 16.3. The smallest absolute Gasteiger partial charge is 0.368 e. The zero-order valence-corrected chi connectivity index (χ0v) is 32.7. The van der Waals surface area contributed by atoms with Gasteiger partial charge in [-0.1, -0.05) is 91.9 Å². The van der Waals surface area contributed by atoms with Crippen molar-refractivity contribution < 1.29 is 45.9 Å². The number of nitrogens with one attached hydrogen (secondary N) is 4. The van der Waals surface area contributed by atoms with Crippen LogP contribution in [0, 0.1) is 0 Å². The topological polar surface area (TPSA) is 159 Å². The van der Waals surface area contributed by atoms with E-state index in [0.717, 1.165) is 31.0 Å². The van der Waals surface area contributed by atoms with Crippen molar-refractivity contribution in [2.45, 2.75) is 89.0 Å². The molecule has 0 spiro atoms. The van der Waals surface area contributed by atoms with Gasteiger partial charge >= 0.3 is 6.18 Å². The summed E-state index contributed by atoms with van der Waals surface area (Å²) in [5.41, 5.74) is 7.06. The van der Waals surface area contributed by atoms with Crippen LogP contribution in [0.2, 0.25) is 0 Å². The molecule has 15 heteroatoms. The maximum Gasteiger partial charge on any atom is 0.416 e. The maximum atomic E-state index is 14.0. The van der Waals surface area contributed by atoms with Crippen molar-refractivity contribution in [1.82, 2.24) is 21.3 Å². The van der Waals surface area contributed by atoms with Gasteiger partial charge in [0.2, 0.25) is 23.6 Å². The Bertz CT molecular complexity index is 2040. The maximum absolute atomic E-state index is 14.0. The van der Waals surface area contributed by atoms with E-state index in [4.69, 9.17) is 5.73 Å². The number of nitrogens with two attached hydrogens (primary N) is 1. The molecule has 0 fully saturated rings. The first kappa shape index (κ1) is 45.6. The van der Waals surface area contributed by atoms with E-state index in [1.165, 1.54) is 36.4 Å². The van der Waals surface area contributed by atoms with E-state index < -0.39 is 65.8 Å². The predicted molar refractivity (Wildman–Crippen MR) is 212 cm³/mol. The summed E-state index contributed by atoms with van der Waals surface area (Å²) in [5.74, 6) is -6.70. The second-order valence-electron chi connectivity index (χ2n) is 14.3. The number of benzene rings is 4. The zero-order chi connectivity index (χ0) is 43.2. The lowest BCUT2D eigenvalue weighted by Gasteiger charge is -2.25. The van der Waals surface area contributed by atoms with Crippen LogP contribution in [0.15, 0.2) is 103 Å². The number of carbonyl (C=O) groups is 5. The van der Waals surface area contributed by atoms with Crippen molar-refractivity contribution in [3.05, 3.63) is 142 Å². The minimum Gasteiger partial charge on any atom is -0.368 e. The van der Waals surface area contributed by atoms with Gasteiger partial charge in [-0.2, -0.15) is 13.2 Å². The third-order valence-corrected chi connectivity index (χ3v) is 9.58. The second-order valence-corrected chi connectivity index (χ2v) is 14.3. The number of primary amides is 1. The molecule has 0 aliphatic heterocycles. The number of hydrogen-bond acceptors (Lipinski definition) is 5. The summed E-state index contributed by atoms with van der Waals surface area (Å²) < 4.78 is 67.9. The molecule has 10 nitrogen and oxygen atoms in total. The summed E-state index contributed by atoms with van der Waals surface area (Å²) in [6, 6.07) is 21.2. The normalized spacial score (nSPS) is 13.1. The molecule has 0 saturated heterocycles. The van der Waals surface area contributed by atoms with E-state index in [1.54, 1.807) is 42.5 Å². The standard InChI is InChI=1S/C44H48F5N5O5/c1-3-28-15-19-32(20-16-28)40(57)51-23-8-7-14-35(39(50)56)53-42(59)37(26-30-17-21-33(22-18-30)43(2,45)46)54-41(58)36(25-29-10-5-4-6-11-29)52-38(55)27-31-12-9-13-34(24-31)44(47,48)49/h4-6,9-13,15-22,24,35-37H,3,7-8,14,23,25-27H2,1-2H3,(H2,50,56)(H,51,57)(H,52,55)(H,53,59)(H,54,58). The second kappa shape index (κ2) is 21.0. The number of halogens is 5. The monoisotopic (exact) mass is 821 g/mol. The van der Waals surface area contributed by atoms with Gasteiger partial charge in [0.05, 0.1) is 12.0 Å². The summed E-state index contributed by atoms with van der Waals surface area (Å²) in [6.07, 6.45) is -3.69. The van der Waals surface area contributed by atoms with Crippen LogP contribution in [0.5, 0.6) is 0 Å². The fourth-order valence-electron chi connectivity index (χ4n) is 6.23. The van der Waals surface area contributed by atoms with Gasteiger partial charge in [-0.05, 0) is 66.1 Å². The third-order valence-electron chi connectivity index (χ3n) is 9.58. The summed E-state index contributed by atoms with van der Waals surface area (Å²) in [6.45, 7) is 3.02. The highest BCUT2D eigenvalue weighted by Crippen LogP contribution is 2.30. The molecular weight excluding hydrogens is 774 g/mol. The van der Waals surface area contributed by atoms with Crippen LogP contribution >= 0.6 is 0 Å². The lowest BCUT2D eigenvalue weighted by molar-refractivity contribution is -0.137. The molecule has 4 aromatic rings. The Morgan fingerprint density at radius 3 is 1.76 bits per heavy atom. The molecule has 0 saturated carbocycles. The van der Waals surface area contributed by atoms with Crippen LogP contribution in [-0.4, -0.2) is 54.2 Å². The molecule has 5 amide bonds. The van der Waals surface area contributed by atoms with Gasteiger partial charge in [0.1, 0.15) is 18.1 Å². The van der Waals surface area contributed by atoms with E-state index in [1.807, 2.05) is 19.1 Å². The van der Waals surface area contributed by atoms with Crippen LogP contribution in [0.3, 0.4) is 0 Å². The summed E-state index contributed by atoms with van der Waals surface area (Å²) >= 11 is 0. The number of carbonyl (C=O) groups excluding carboxylic acids is 5. The number of unbranched alkanes of at least 4 members (excludes halogenated alkanes) is 1. The Morgan fingerprint density at radius 1 is 0.627 bits per heavy atom. The van der Waals surface area contributed by atoms with Crippen molar-refractivity contribution in [3.8, 4) is 0 Å². The van der Waals surface area contributed by atoms with Crippen molar-refractivity contribution in [2.75, 3.05) is 6.54 Å². The van der Waals surface area contributed by atoms with Gasteiger partial charge < -0.3 is 27.0 Å². The largest absolute Gasteiger partial charge is 0.416 e. The molecule has 0 radical (unpaired) electrons.